The van der Waals surface area contributed by atoms with Crippen molar-refractivity contribution in [3.63, 3.8) is 0 Å². The van der Waals surface area contributed by atoms with E-state index in [1.807, 2.05) is 27.7 Å². The van der Waals surface area contributed by atoms with Gasteiger partial charge in [-0.05, 0) is 19.3 Å². The van der Waals surface area contributed by atoms with Gasteiger partial charge in [0.15, 0.2) is 0 Å². The Bertz CT molecular complexity index is 472. The maximum absolute atomic E-state index is 12.1. The van der Waals surface area contributed by atoms with Gasteiger partial charge in [0, 0.05) is 5.92 Å². The molecule has 2 amide bonds. The van der Waals surface area contributed by atoms with Crippen LogP contribution >= 0.6 is 11.3 Å². The van der Waals surface area contributed by atoms with E-state index in [-0.39, 0.29) is 17.9 Å². The molecule has 0 saturated heterocycles. The molecule has 0 bridgehead atoms. The zero-order valence-corrected chi connectivity index (χ0v) is 15.3. The minimum Gasteiger partial charge on any atom is -0.365 e. The van der Waals surface area contributed by atoms with Gasteiger partial charge in [0.2, 0.25) is 5.91 Å². The van der Waals surface area contributed by atoms with E-state index in [2.05, 4.69) is 24.1 Å². The van der Waals surface area contributed by atoms with Crippen LogP contribution in [0.25, 0.3) is 0 Å². The predicted molar refractivity (Wildman–Crippen MR) is 91.8 cm³/mol. The first-order valence-electron chi connectivity index (χ1n) is 7.87. The smallest absolute Gasteiger partial charge is 0.260 e. The van der Waals surface area contributed by atoms with Crippen LogP contribution in [0, 0.1) is 11.8 Å². The Balaban J connectivity index is 0.00000211. The Hall–Kier alpha value is -1.43. The second-order valence-electron chi connectivity index (χ2n) is 5.53. The molecule has 0 fully saturated rings. The van der Waals surface area contributed by atoms with E-state index in [4.69, 9.17) is 5.73 Å². The van der Waals surface area contributed by atoms with Crippen molar-refractivity contribution in [2.45, 2.75) is 60.4 Å². The third kappa shape index (κ3) is 7.02. The summed E-state index contributed by atoms with van der Waals surface area (Å²) in [5.41, 5.74) is 5.19. The molecular formula is C16H29N3O2S. The molecule has 1 aromatic rings. The molecule has 22 heavy (non-hydrogen) atoms. The normalized spacial score (nSPS) is 13.0. The Labute approximate surface area is 137 Å². The number of carbonyl (C=O) groups is 2. The Kier molecular flexibility index (Phi) is 9.65. The maximum Gasteiger partial charge on any atom is 0.260 e. The van der Waals surface area contributed by atoms with Crippen LogP contribution in [0.15, 0.2) is 6.20 Å². The van der Waals surface area contributed by atoms with Gasteiger partial charge in [0.1, 0.15) is 9.88 Å². The lowest BCUT2D eigenvalue weighted by molar-refractivity contribution is -0.125. The second kappa shape index (κ2) is 10.3. The molecule has 0 spiro atoms. The summed E-state index contributed by atoms with van der Waals surface area (Å²) in [7, 11) is 0. The Morgan fingerprint density at radius 1 is 1.23 bits per heavy atom. The minimum atomic E-state index is -0.488. The quantitative estimate of drug-likeness (QED) is 0.803. The fourth-order valence-corrected chi connectivity index (χ4v) is 2.51. The van der Waals surface area contributed by atoms with Gasteiger partial charge in [-0.15, -0.1) is 11.3 Å². The zero-order chi connectivity index (χ0) is 17.3. The number of nitrogens with two attached hydrogens (primary N) is 1. The lowest BCUT2D eigenvalue weighted by atomic mass is 9.98. The van der Waals surface area contributed by atoms with Crippen molar-refractivity contribution in [1.82, 2.24) is 10.3 Å². The van der Waals surface area contributed by atoms with E-state index in [1.54, 1.807) is 0 Å². The van der Waals surface area contributed by atoms with Gasteiger partial charge in [-0.1, -0.05) is 41.0 Å². The molecule has 0 saturated carbocycles. The zero-order valence-electron chi connectivity index (χ0n) is 14.5. The summed E-state index contributed by atoms with van der Waals surface area (Å²) in [6, 6.07) is -0.206. The molecule has 0 aromatic carbocycles. The van der Waals surface area contributed by atoms with Crippen LogP contribution in [0.3, 0.4) is 0 Å². The SMILES string of the molecule is CC.CC(C)CCC(C)C(=O)NC(C)c1ncc(C(N)=O)s1. The van der Waals surface area contributed by atoms with Gasteiger partial charge in [0.25, 0.3) is 5.91 Å². The topological polar surface area (TPSA) is 85.1 Å². The van der Waals surface area contributed by atoms with Crippen molar-refractivity contribution in [3.05, 3.63) is 16.1 Å². The third-order valence-corrected chi connectivity index (χ3v) is 4.31. The van der Waals surface area contributed by atoms with Gasteiger partial charge in [-0.2, -0.15) is 0 Å². The summed E-state index contributed by atoms with van der Waals surface area (Å²) >= 11 is 1.22. The number of hydrogen-bond donors (Lipinski definition) is 2. The molecule has 2 atom stereocenters. The van der Waals surface area contributed by atoms with E-state index in [0.29, 0.717) is 15.8 Å². The van der Waals surface area contributed by atoms with Gasteiger partial charge in [-0.3, -0.25) is 9.59 Å². The molecule has 6 heteroatoms. The highest BCUT2D eigenvalue weighted by atomic mass is 32.1. The molecular weight excluding hydrogens is 298 g/mol. The second-order valence-corrected chi connectivity index (χ2v) is 6.59. The van der Waals surface area contributed by atoms with Crippen LogP contribution in [-0.4, -0.2) is 16.8 Å². The van der Waals surface area contributed by atoms with Crippen LogP contribution in [0.4, 0.5) is 0 Å². The van der Waals surface area contributed by atoms with Crippen LogP contribution in [0.5, 0.6) is 0 Å². The Morgan fingerprint density at radius 2 is 1.82 bits per heavy atom. The first-order chi connectivity index (χ1) is 10.3. The van der Waals surface area contributed by atoms with Crippen molar-refractivity contribution in [2.24, 2.45) is 17.6 Å². The first-order valence-corrected chi connectivity index (χ1v) is 8.68. The van der Waals surface area contributed by atoms with Gasteiger partial charge < -0.3 is 11.1 Å². The highest BCUT2D eigenvalue weighted by molar-refractivity contribution is 7.13. The average molecular weight is 327 g/mol. The number of nitrogens with zero attached hydrogens (tertiary/aromatic N) is 1. The Morgan fingerprint density at radius 3 is 2.27 bits per heavy atom. The van der Waals surface area contributed by atoms with Crippen molar-refractivity contribution < 1.29 is 9.59 Å². The van der Waals surface area contributed by atoms with Crippen molar-refractivity contribution in [3.8, 4) is 0 Å². The first kappa shape index (κ1) is 20.6. The van der Waals surface area contributed by atoms with Gasteiger partial charge >= 0.3 is 0 Å². The number of nitrogens with one attached hydrogen (secondary N) is 1. The number of thiazole rings is 1. The molecule has 0 aliphatic heterocycles. The lowest BCUT2D eigenvalue weighted by Crippen LogP contribution is -2.31. The summed E-state index contributed by atoms with van der Waals surface area (Å²) in [5, 5.41) is 3.63. The van der Waals surface area contributed by atoms with E-state index >= 15 is 0 Å². The van der Waals surface area contributed by atoms with E-state index in [1.165, 1.54) is 17.5 Å². The molecule has 0 aliphatic rings. The van der Waals surface area contributed by atoms with Crippen molar-refractivity contribution in [1.29, 1.82) is 0 Å². The fourth-order valence-electron chi connectivity index (χ4n) is 1.73. The summed E-state index contributed by atoms with van der Waals surface area (Å²) < 4.78 is 0. The molecule has 126 valence electrons. The van der Waals surface area contributed by atoms with Crippen LogP contribution in [0.2, 0.25) is 0 Å². The van der Waals surface area contributed by atoms with Gasteiger partial charge in [-0.25, -0.2) is 4.98 Å². The third-order valence-electron chi connectivity index (χ3n) is 3.12. The van der Waals surface area contributed by atoms with Crippen LogP contribution in [-0.2, 0) is 4.79 Å². The number of aromatic nitrogens is 1. The highest BCUT2D eigenvalue weighted by Crippen LogP contribution is 2.20. The van der Waals surface area contributed by atoms with Crippen molar-refractivity contribution >= 4 is 23.2 Å². The number of rotatable bonds is 7. The predicted octanol–water partition coefficient (Wildman–Crippen LogP) is 3.52. The number of amides is 2. The van der Waals surface area contributed by atoms with Crippen molar-refractivity contribution in [2.75, 3.05) is 0 Å². The summed E-state index contributed by atoms with van der Waals surface area (Å²) in [4.78, 5) is 27.6. The number of primary amides is 1. The summed E-state index contributed by atoms with van der Waals surface area (Å²) in [5.74, 6) is 0.113. The van der Waals surface area contributed by atoms with E-state index in [0.717, 1.165) is 12.8 Å². The summed E-state index contributed by atoms with van der Waals surface area (Å²) in [6.45, 7) is 12.1. The largest absolute Gasteiger partial charge is 0.365 e. The maximum atomic E-state index is 12.1. The van der Waals surface area contributed by atoms with Crippen LogP contribution in [0.1, 0.15) is 75.1 Å². The van der Waals surface area contributed by atoms with Gasteiger partial charge in [0.05, 0.1) is 12.2 Å². The van der Waals surface area contributed by atoms with E-state index < -0.39 is 5.91 Å². The average Bonchev–Trinajstić information content (AvgIpc) is 2.96. The number of carbonyl (C=O) groups excluding carboxylic acids is 2. The highest BCUT2D eigenvalue weighted by Gasteiger charge is 2.19. The van der Waals surface area contributed by atoms with Crippen LogP contribution < -0.4 is 11.1 Å². The fraction of sp³-hybridized carbons (Fsp3) is 0.688. The molecule has 5 nitrogen and oxygen atoms in total. The monoisotopic (exact) mass is 327 g/mol. The molecule has 0 radical (unpaired) electrons. The lowest BCUT2D eigenvalue weighted by Gasteiger charge is -2.16. The molecule has 2 unspecified atom stereocenters. The van der Waals surface area contributed by atoms with E-state index in [9.17, 15) is 9.59 Å². The molecule has 1 aromatic heterocycles. The molecule has 1 rings (SSSR count). The molecule has 3 N–H and O–H groups in total. The molecule has 1 heterocycles. The molecule has 0 aliphatic carbocycles. The standard InChI is InChI=1S/C14H23N3O2S.C2H6/c1-8(2)5-6-9(3)13(19)17-10(4)14-16-7-11(20-14)12(15)18;1-2/h7-10H,5-6H2,1-4H3,(H2,15,18)(H,17,19);1-2H3. The minimum absolute atomic E-state index is 0.0181. The number of hydrogen-bond acceptors (Lipinski definition) is 4. The summed E-state index contributed by atoms with van der Waals surface area (Å²) in [6.07, 6.45) is 3.36.